The van der Waals surface area contributed by atoms with Gasteiger partial charge >= 0.3 is 0 Å². The van der Waals surface area contributed by atoms with Crippen molar-refractivity contribution in [1.29, 1.82) is 0 Å². The molecule has 1 amide bonds. The molecule has 2 N–H and O–H groups in total. The van der Waals surface area contributed by atoms with Gasteiger partial charge in [0.05, 0.1) is 16.3 Å². The second-order valence-electron chi connectivity index (χ2n) is 4.84. The fourth-order valence-electron chi connectivity index (χ4n) is 1.95. The molecule has 0 atom stereocenters. The summed E-state index contributed by atoms with van der Waals surface area (Å²) in [6, 6.07) is 14.3. The van der Waals surface area contributed by atoms with Gasteiger partial charge in [-0.15, -0.1) is 0 Å². The van der Waals surface area contributed by atoms with Gasteiger partial charge in [0.1, 0.15) is 5.76 Å². The lowest BCUT2D eigenvalue weighted by Gasteiger charge is -2.08. The topological polar surface area (TPSA) is 61.7 Å². The Kier molecular flexibility index (Phi) is 6.81. The third kappa shape index (κ3) is 4.82. The quantitative estimate of drug-likeness (QED) is 0.296. The van der Waals surface area contributed by atoms with Crippen LogP contribution >= 0.6 is 34.2 Å². The smallest absolute Gasteiger partial charge is 0.256 e. The lowest BCUT2D eigenvalue weighted by atomic mass is 10.1. The molecular weight excluding hydrogens is 439 g/mol. The molecule has 0 aromatic heterocycles. The minimum absolute atomic E-state index is 0.0588. The zero-order chi connectivity index (χ0) is 17.5. The number of amides is 1. The standard InChI is InChI=1S/C18H16ClIN2O2/c1-2-21-18(24)15(11-22-13-9-7-12(20)8-10-13)17(23)14-5-3-4-6-16(14)19/h3-11,23H,2H2,1H3,(H,21,24)/b17-15+,22-11?. The van der Waals surface area contributed by atoms with Crippen molar-refractivity contribution in [2.24, 2.45) is 4.99 Å². The van der Waals surface area contributed by atoms with Crippen molar-refractivity contribution in [2.75, 3.05) is 6.54 Å². The number of nitrogens with zero attached hydrogens (tertiary/aromatic N) is 1. The predicted octanol–water partition coefficient (Wildman–Crippen LogP) is 4.75. The molecule has 0 bridgehead atoms. The van der Waals surface area contributed by atoms with Crippen LogP contribution in [0.15, 0.2) is 59.1 Å². The first kappa shape index (κ1) is 18.5. The second-order valence-corrected chi connectivity index (χ2v) is 6.49. The molecular formula is C18H16ClIN2O2. The van der Waals surface area contributed by atoms with Gasteiger partial charge in [0.2, 0.25) is 0 Å². The van der Waals surface area contributed by atoms with E-state index in [1.165, 1.54) is 6.21 Å². The maximum atomic E-state index is 12.3. The van der Waals surface area contributed by atoms with Gasteiger partial charge in [-0.2, -0.15) is 0 Å². The first-order chi connectivity index (χ1) is 11.5. The van der Waals surface area contributed by atoms with Crippen LogP contribution in [0, 0.1) is 3.57 Å². The number of carbonyl (C=O) groups is 1. The van der Waals surface area contributed by atoms with Gasteiger partial charge in [0.15, 0.2) is 0 Å². The maximum Gasteiger partial charge on any atom is 0.256 e. The molecule has 0 aliphatic carbocycles. The van der Waals surface area contributed by atoms with E-state index >= 15 is 0 Å². The highest BCUT2D eigenvalue weighted by molar-refractivity contribution is 14.1. The van der Waals surface area contributed by atoms with Crippen LogP contribution in [0.1, 0.15) is 12.5 Å². The summed E-state index contributed by atoms with van der Waals surface area (Å²) in [7, 11) is 0. The number of likely N-dealkylation sites (N-methyl/N-ethyl adjacent to an activating group) is 1. The molecule has 2 aromatic rings. The summed E-state index contributed by atoms with van der Waals surface area (Å²) in [5.74, 6) is -0.620. The Morgan fingerprint density at radius 2 is 1.92 bits per heavy atom. The highest BCUT2D eigenvalue weighted by atomic mass is 127. The SMILES string of the molecule is CCNC(=O)/C(C=Nc1ccc(I)cc1)=C(/O)c1ccccc1Cl. The number of rotatable bonds is 5. The van der Waals surface area contributed by atoms with Crippen LogP contribution in [0.4, 0.5) is 5.69 Å². The number of hydrogen-bond acceptors (Lipinski definition) is 3. The Balaban J connectivity index is 2.44. The zero-order valence-electron chi connectivity index (χ0n) is 13.0. The molecule has 2 rings (SSSR count). The van der Waals surface area contributed by atoms with Crippen molar-refractivity contribution in [3.05, 3.63) is 68.3 Å². The summed E-state index contributed by atoms with van der Waals surface area (Å²) in [5, 5.41) is 13.6. The normalized spacial score (nSPS) is 12.1. The minimum atomic E-state index is -0.413. The fraction of sp³-hybridized carbons (Fsp3) is 0.111. The van der Waals surface area contributed by atoms with Gasteiger partial charge in [-0.3, -0.25) is 9.79 Å². The van der Waals surface area contributed by atoms with Crippen molar-refractivity contribution in [1.82, 2.24) is 5.32 Å². The van der Waals surface area contributed by atoms with Gasteiger partial charge in [0.25, 0.3) is 5.91 Å². The third-order valence-corrected chi connectivity index (χ3v) is 4.18. The molecule has 124 valence electrons. The Hall–Kier alpha value is -1.86. The average molecular weight is 455 g/mol. The van der Waals surface area contributed by atoms with Crippen LogP contribution in [0.2, 0.25) is 5.02 Å². The van der Waals surface area contributed by atoms with Gasteiger partial charge in [0, 0.05) is 21.9 Å². The number of aliphatic imine (C=N–C) groups is 1. The highest BCUT2D eigenvalue weighted by Crippen LogP contribution is 2.24. The lowest BCUT2D eigenvalue weighted by molar-refractivity contribution is -0.116. The molecule has 0 aliphatic rings. The van der Waals surface area contributed by atoms with Crippen molar-refractivity contribution >= 4 is 57.8 Å². The van der Waals surface area contributed by atoms with E-state index in [0.29, 0.717) is 22.8 Å². The first-order valence-corrected chi connectivity index (χ1v) is 8.74. The molecule has 0 radical (unpaired) electrons. The van der Waals surface area contributed by atoms with Crippen LogP contribution in [0.25, 0.3) is 5.76 Å². The molecule has 0 spiro atoms. The molecule has 6 heteroatoms. The number of aliphatic hydroxyl groups excluding tert-OH is 1. The zero-order valence-corrected chi connectivity index (χ0v) is 15.9. The van der Waals surface area contributed by atoms with Gasteiger partial charge in [-0.25, -0.2) is 0 Å². The summed E-state index contributed by atoms with van der Waals surface area (Å²) in [5.41, 5.74) is 1.13. The molecule has 4 nitrogen and oxygen atoms in total. The fourth-order valence-corrected chi connectivity index (χ4v) is 2.53. The Morgan fingerprint density at radius 1 is 1.25 bits per heavy atom. The van der Waals surface area contributed by atoms with Gasteiger partial charge in [-0.1, -0.05) is 23.7 Å². The molecule has 0 fully saturated rings. The molecule has 24 heavy (non-hydrogen) atoms. The van der Waals surface area contributed by atoms with Crippen LogP contribution < -0.4 is 5.32 Å². The largest absolute Gasteiger partial charge is 0.506 e. The van der Waals surface area contributed by atoms with Crippen molar-refractivity contribution in [2.45, 2.75) is 6.92 Å². The summed E-state index contributed by atoms with van der Waals surface area (Å²) < 4.78 is 1.09. The molecule has 0 unspecified atom stereocenters. The van der Waals surface area contributed by atoms with E-state index < -0.39 is 5.91 Å². The number of aliphatic hydroxyl groups is 1. The predicted molar refractivity (Wildman–Crippen MR) is 107 cm³/mol. The average Bonchev–Trinajstić information content (AvgIpc) is 2.57. The van der Waals surface area contributed by atoms with Crippen LogP contribution in [-0.2, 0) is 4.79 Å². The number of benzene rings is 2. The van der Waals surface area contributed by atoms with E-state index in [2.05, 4.69) is 32.9 Å². The lowest BCUT2D eigenvalue weighted by Crippen LogP contribution is -2.26. The highest BCUT2D eigenvalue weighted by Gasteiger charge is 2.16. The Bertz CT molecular complexity index is 786. The molecule has 0 saturated heterocycles. The van der Waals surface area contributed by atoms with Crippen molar-refractivity contribution in [3.63, 3.8) is 0 Å². The second kappa shape index (κ2) is 8.84. The summed E-state index contributed by atoms with van der Waals surface area (Å²) >= 11 is 8.31. The molecule has 0 saturated carbocycles. The van der Waals surface area contributed by atoms with E-state index in [9.17, 15) is 9.90 Å². The monoisotopic (exact) mass is 454 g/mol. The maximum absolute atomic E-state index is 12.3. The number of halogens is 2. The first-order valence-electron chi connectivity index (χ1n) is 7.29. The number of nitrogens with one attached hydrogen (secondary N) is 1. The van der Waals surface area contributed by atoms with Crippen molar-refractivity contribution in [3.8, 4) is 0 Å². The van der Waals surface area contributed by atoms with Crippen molar-refractivity contribution < 1.29 is 9.90 Å². The molecule has 0 aliphatic heterocycles. The summed E-state index contributed by atoms with van der Waals surface area (Å²) in [4.78, 5) is 16.6. The van der Waals surface area contributed by atoms with Crippen LogP contribution in [-0.4, -0.2) is 23.8 Å². The van der Waals surface area contributed by atoms with E-state index in [4.69, 9.17) is 11.6 Å². The Labute approximate surface area is 159 Å². The van der Waals surface area contributed by atoms with E-state index in [0.717, 1.165) is 3.57 Å². The molecule has 2 aromatic carbocycles. The van der Waals surface area contributed by atoms with E-state index in [-0.39, 0.29) is 11.3 Å². The van der Waals surface area contributed by atoms with E-state index in [1.54, 1.807) is 31.2 Å². The molecule has 0 heterocycles. The summed E-state index contributed by atoms with van der Waals surface area (Å²) in [6.07, 6.45) is 1.35. The Morgan fingerprint density at radius 3 is 2.54 bits per heavy atom. The summed E-state index contributed by atoms with van der Waals surface area (Å²) in [6.45, 7) is 2.24. The van der Waals surface area contributed by atoms with Gasteiger partial charge < -0.3 is 10.4 Å². The van der Waals surface area contributed by atoms with Crippen LogP contribution in [0.5, 0.6) is 0 Å². The number of carbonyl (C=O) groups excluding carboxylic acids is 1. The third-order valence-electron chi connectivity index (χ3n) is 3.14. The minimum Gasteiger partial charge on any atom is -0.506 e. The van der Waals surface area contributed by atoms with E-state index in [1.807, 2.05) is 24.3 Å². The van der Waals surface area contributed by atoms with Crippen LogP contribution in [0.3, 0.4) is 0 Å². The number of hydrogen-bond donors (Lipinski definition) is 2. The van der Waals surface area contributed by atoms with Gasteiger partial charge in [-0.05, 0) is 65.9 Å².